The Morgan fingerprint density at radius 1 is 0.885 bits per heavy atom. The molecular weight excluding hydrogens is 324 g/mol. The maximum atomic E-state index is 9.05. The van der Waals surface area contributed by atoms with Gasteiger partial charge in [0.25, 0.3) is 0 Å². The zero-order chi connectivity index (χ0) is 18.0. The van der Waals surface area contributed by atoms with Crippen molar-refractivity contribution in [3.8, 4) is 12.1 Å². The lowest BCUT2D eigenvalue weighted by Crippen LogP contribution is -2.04. The van der Waals surface area contributed by atoms with Crippen molar-refractivity contribution >= 4 is 11.0 Å². The molecule has 0 amide bonds. The van der Waals surface area contributed by atoms with Crippen molar-refractivity contribution in [2.75, 3.05) is 0 Å². The summed E-state index contributed by atoms with van der Waals surface area (Å²) in [6.07, 6.45) is 9.75. The minimum Gasteiger partial charge on any atom is -0.241 e. The van der Waals surface area contributed by atoms with Crippen LogP contribution in [-0.2, 0) is 11.8 Å². The molecule has 4 aromatic heterocycles. The molecule has 1 fully saturated rings. The highest BCUT2D eigenvalue weighted by atomic mass is 15.2. The average Bonchev–Trinajstić information content (AvgIpc) is 3.10. The van der Waals surface area contributed by atoms with E-state index in [1.807, 2.05) is 53.3 Å². The molecule has 5 rings (SSSR count). The lowest BCUT2D eigenvalue weighted by atomic mass is 10.00. The van der Waals surface area contributed by atoms with Crippen molar-refractivity contribution in [2.24, 2.45) is 0 Å². The van der Waals surface area contributed by atoms with Gasteiger partial charge in [-0.1, -0.05) is 12.1 Å². The Labute approximate surface area is 150 Å². The third-order valence-corrected chi connectivity index (χ3v) is 4.65. The maximum Gasteiger partial charge on any atom is 0.0838 e. The second-order valence-corrected chi connectivity index (χ2v) is 6.39. The van der Waals surface area contributed by atoms with Crippen LogP contribution in [0.25, 0.3) is 11.0 Å². The molecule has 6 heteroatoms. The number of hydrogen-bond donors (Lipinski definition) is 0. The van der Waals surface area contributed by atoms with Crippen LogP contribution in [0.5, 0.6) is 0 Å². The summed E-state index contributed by atoms with van der Waals surface area (Å²) < 4.78 is 3.60. The maximum absolute atomic E-state index is 9.05. The second-order valence-electron chi connectivity index (χ2n) is 6.39. The molecule has 1 aliphatic rings. The van der Waals surface area contributed by atoms with Crippen LogP contribution in [0.4, 0.5) is 0 Å². The van der Waals surface area contributed by atoms with Gasteiger partial charge < -0.3 is 0 Å². The molecule has 4 heterocycles. The summed E-state index contributed by atoms with van der Waals surface area (Å²) in [6, 6.07) is 16.3. The Kier molecular flexibility index (Phi) is 3.87. The largest absolute Gasteiger partial charge is 0.241 e. The fourth-order valence-electron chi connectivity index (χ4n) is 2.94. The van der Waals surface area contributed by atoms with E-state index < -0.39 is 0 Å². The van der Waals surface area contributed by atoms with Crippen molar-refractivity contribution in [1.29, 1.82) is 10.5 Å². The number of pyridine rings is 2. The van der Waals surface area contributed by atoms with Crippen LogP contribution < -0.4 is 0 Å². The van der Waals surface area contributed by atoms with Gasteiger partial charge in [0.2, 0.25) is 0 Å². The Bertz CT molecular complexity index is 1150. The predicted octanol–water partition coefficient (Wildman–Crippen LogP) is 3.29. The Morgan fingerprint density at radius 2 is 1.54 bits per heavy atom. The molecule has 1 aliphatic carbocycles. The number of fused-ring (bicyclic) bond motifs is 2. The highest BCUT2D eigenvalue weighted by Gasteiger charge is 2.45. The molecule has 126 valence electrons. The number of rotatable bonds is 2. The van der Waals surface area contributed by atoms with Crippen molar-refractivity contribution in [3.63, 3.8) is 0 Å². The van der Waals surface area contributed by atoms with Gasteiger partial charge in [0.15, 0.2) is 0 Å². The second kappa shape index (κ2) is 6.34. The van der Waals surface area contributed by atoms with E-state index in [-0.39, 0.29) is 5.41 Å². The normalized spacial score (nSPS) is 14.2. The molecule has 6 nitrogen and oxygen atoms in total. The zero-order valence-electron chi connectivity index (χ0n) is 14.1. The smallest absolute Gasteiger partial charge is 0.0838 e. The number of hydrogen-bond acceptors (Lipinski definition) is 4. The first-order chi connectivity index (χ1) is 12.7. The van der Waals surface area contributed by atoms with Gasteiger partial charge in [-0.3, -0.25) is 0 Å². The summed E-state index contributed by atoms with van der Waals surface area (Å²) in [6.45, 7) is 0. The van der Waals surface area contributed by atoms with Gasteiger partial charge in [-0.25, -0.2) is 9.03 Å². The fourth-order valence-corrected chi connectivity index (χ4v) is 2.94. The summed E-state index contributed by atoms with van der Waals surface area (Å²) in [5.41, 5.74) is 4.00. The molecule has 4 aromatic rings. The molecule has 0 atom stereocenters. The zero-order valence-corrected chi connectivity index (χ0v) is 14.1. The topological polar surface area (TPSA) is 82.2 Å². The first-order valence-corrected chi connectivity index (χ1v) is 8.38. The van der Waals surface area contributed by atoms with E-state index in [0.29, 0.717) is 6.42 Å². The molecule has 0 unspecified atom stereocenters. The molecule has 0 spiro atoms. The molecule has 0 N–H and O–H groups in total. The summed E-state index contributed by atoms with van der Waals surface area (Å²) >= 11 is 0. The van der Waals surface area contributed by atoms with E-state index in [2.05, 4.69) is 22.3 Å². The van der Waals surface area contributed by atoms with Crippen LogP contribution in [0, 0.1) is 22.7 Å². The van der Waals surface area contributed by atoms with Crippen LogP contribution in [0.15, 0.2) is 61.2 Å². The van der Waals surface area contributed by atoms with Crippen LogP contribution in [0.1, 0.15) is 24.0 Å². The van der Waals surface area contributed by atoms with Crippen LogP contribution in [0.2, 0.25) is 0 Å². The SMILES string of the molecule is N#CC1(c2ccc3ccnn3c2)CC1.N#CCc1ccc2ccnn2c1. The minimum absolute atomic E-state index is 0.208. The van der Waals surface area contributed by atoms with E-state index in [1.165, 1.54) is 0 Å². The first-order valence-electron chi connectivity index (χ1n) is 8.38. The summed E-state index contributed by atoms with van der Waals surface area (Å²) in [5, 5.41) is 25.7. The van der Waals surface area contributed by atoms with Crippen LogP contribution in [-0.4, -0.2) is 19.2 Å². The summed E-state index contributed by atoms with van der Waals surface area (Å²) in [7, 11) is 0. The molecule has 0 saturated heterocycles. The van der Waals surface area contributed by atoms with E-state index in [0.717, 1.165) is 35.0 Å². The van der Waals surface area contributed by atoms with Crippen LogP contribution >= 0.6 is 0 Å². The van der Waals surface area contributed by atoms with Crippen molar-refractivity contribution in [3.05, 3.63) is 72.3 Å². The highest BCUT2D eigenvalue weighted by molar-refractivity contribution is 5.49. The standard InChI is InChI=1S/C11H9N3.C9H7N3/c12-8-11(4-5-11)9-1-2-10-3-6-13-14(10)7-9;10-5-3-8-1-2-9-4-6-11-12(9)7-8/h1-3,6-7H,4-5H2;1-2,4,6-7H,3H2. The van der Waals surface area contributed by atoms with Gasteiger partial charge in [0.1, 0.15) is 0 Å². The lowest BCUT2D eigenvalue weighted by molar-refractivity contribution is 0.862. The average molecular weight is 340 g/mol. The Hall–Kier alpha value is -3.64. The fraction of sp³-hybridized carbons (Fsp3) is 0.200. The molecule has 0 aromatic carbocycles. The van der Waals surface area contributed by atoms with Gasteiger partial charge in [-0.05, 0) is 48.2 Å². The van der Waals surface area contributed by atoms with Crippen molar-refractivity contribution < 1.29 is 0 Å². The lowest BCUT2D eigenvalue weighted by Gasteiger charge is -2.05. The monoisotopic (exact) mass is 340 g/mol. The quantitative estimate of drug-likeness (QED) is 0.560. The van der Waals surface area contributed by atoms with Gasteiger partial charge >= 0.3 is 0 Å². The highest BCUT2D eigenvalue weighted by Crippen LogP contribution is 2.47. The summed E-state index contributed by atoms with van der Waals surface area (Å²) in [4.78, 5) is 0. The molecule has 0 aliphatic heterocycles. The summed E-state index contributed by atoms with van der Waals surface area (Å²) in [5.74, 6) is 0. The van der Waals surface area contributed by atoms with E-state index in [4.69, 9.17) is 10.5 Å². The van der Waals surface area contributed by atoms with E-state index >= 15 is 0 Å². The molecular formula is C20H16N6. The van der Waals surface area contributed by atoms with Gasteiger partial charge in [0, 0.05) is 24.8 Å². The van der Waals surface area contributed by atoms with E-state index in [1.54, 1.807) is 16.9 Å². The number of aromatic nitrogens is 4. The predicted molar refractivity (Wildman–Crippen MR) is 96.2 cm³/mol. The molecule has 1 saturated carbocycles. The van der Waals surface area contributed by atoms with Gasteiger partial charge in [-0.2, -0.15) is 20.7 Å². The Morgan fingerprint density at radius 3 is 2.15 bits per heavy atom. The minimum atomic E-state index is -0.208. The number of nitriles is 2. The Balaban J connectivity index is 0.000000131. The number of nitrogens with zero attached hydrogens (tertiary/aromatic N) is 6. The molecule has 0 radical (unpaired) electrons. The van der Waals surface area contributed by atoms with Gasteiger partial charge in [0.05, 0.1) is 35.0 Å². The first kappa shape index (κ1) is 15.9. The molecule has 0 bridgehead atoms. The third kappa shape index (κ3) is 2.89. The van der Waals surface area contributed by atoms with Crippen LogP contribution in [0.3, 0.4) is 0 Å². The van der Waals surface area contributed by atoms with Gasteiger partial charge in [-0.15, -0.1) is 0 Å². The third-order valence-electron chi connectivity index (χ3n) is 4.65. The van der Waals surface area contributed by atoms with Crippen molar-refractivity contribution in [1.82, 2.24) is 19.2 Å². The van der Waals surface area contributed by atoms with E-state index in [9.17, 15) is 0 Å². The van der Waals surface area contributed by atoms with Crippen molar-refractivity contribution in [2.45, 2.75) is 24.7 Å². The molecule has 26 heavy (non-hydrogen) atoms.